The summed E-state index contributed by atoms with van der Waals surface area (Å²) in [4.78, 5) is 17.4. The molecule has 4 rings (SSSR count). The molecule has 0 saturated carbocycles. The van der Waals surface area contributed by atoms with E-state index in [1.165, 1.54) is 17.3 Å². The summed E-state index contributed by atoms with van der Waals surface area (Å²) in [5.41, 5.74) is 5.98. The summed E-state index contributed by atoms with van der Waals surface area (Å²) in [5.74, 6) is 1.28. The van der Waals surface area contributed by atoms with E-state index < -0.39 is 0 Å². The molecule has 0 radical (unpaired) electrons. The van der Waals surface area contributed by atoms with Crippen LogP contribution in [-0.2, 0) is 6.42 Å². The maximum atomic E-state index is 12.9. The molecule has 0 saturated heterocycles. The van der Waals surface area contributed by atoms with Gasteiger partial charge in [0.15, 0.2) is 5.78 Å². The number of aromatic nitrogens is 4. The lowest BCUT2D eigenvalue weighted by atomic mass is 10.0. The Kier molecular flexibility index (Phi) is 6.62. The number of thioether (sulfide) groups is 1. The van der Waals surface area contributed by atoms with Crippen molar-refractivity contribution in [1.82, 2.24) is 19.7 Å². The number of benzene rings is 1. The van der Waals surface area contributed by atoms with Gasteiger partial charge in [0.2, 0.25) is 5.89 Å². The second-order valence-corrected chi connectivity index (χ2v) is 10.1. The Morgan fingerprint density at radius 2 is 1.91 bits per heavy atom. The molecular weight excluding hydrogens is 440 g/mol. The third-order valence-electron chi connectivity index (χ3n) is 5.32. The quantitative estimate of drug-likeness (QED) is 0.237. The molecule has 0 N–H and O–H groups in total. The van der Waals surface area contributed by atoms with E-state index in [2.05, 4.69) is 57.9 Å². The molecule has 0 aliphatic heterocycles. The number of rotatable bonds is 8. The summed E-state index contributed by atoms with van der Waals surface area (Å²) in [6.45, 7) is 10.3. The van der Waals surface area contributed by atoms with Gasteiger partial charge in [-0.25, -0.2) is 4.98 Å². The minimum absolute atomic E-state index is 0.0445. The van der Waals surface area contributed by atoms with Crippen molar-refractivity contribution in [3.8, 4) is 5.69 Å². The van der Waals surface area contributed by atoms with E-state index in [0.717, 1.165) is 33.3 Å². The summed E-state index contributed by atoms with van der Waals surface area (Å²) in [7, 11) is 0. The van der Waals surface area contributed by atoms with Gasteiger partial charge in [0, 0.05) is 28.0 Å². The fourth-order valence-electron chi connectivity index (χ4n) is 3.67. The van der Waals surface area contributed by atoms with Crippen LogP contribution in [0.4, 0.5) is 0 Å². The van der Waals surface area contributed by atoms with Gasteiger partial charge in [-0.2, -0.15) is 0 Å². The molecule has 166 valence electrons. The highest BCUT2D eigenvalue weighted by Crippen LogP contribution is 2.25. The molecule has 4 aromatic rings. The van der Waals surface area contributed by atoms with Crippen LogP contribution in [0.5, 0.6) is 0 Å². The number of hydrogen-bond acceptors (Lipinski definition) is 7. The van der Waals surface area contributed by atoms with Crippen LogP contribution >= 0.6 is 23.1 Å². The topological polar surface area (TPSA) is 73.8 Å². The van der Waals surface area contributed by atoms with Gasteiger partial charge in [0.1, 0.15) is 0 Å². The standard InChI is InChI=1S/C24H26N4O2S2/c1-14(2)18-6-8-20(9-7-18)28-15(3)10-21(16(28)4)22(29)13-32-24-27-26-23(30-24)11-19-12-31-17(5)25-19/h6-10,12,14H,11,13H2,1-5H3. The smallest absolute Gasteiger partial charge is 0.277 e. The van der Waals surface area contributed by atoms with Crippen LogP contribution in [-0.4, -0.2) is 31.3 Å². The first-order valence-corrected chi connectivity index (χ1v) is 12.4. The predicted octanol–water partition coefficient (Wildman–Crippen LogP) is 5.93. The van der Waals surface area contributed by atoms with E-state index in [1.807, 2.05) is 32.2 Å². The molecule has 0 unspecified atom stereocenters. The molecule has 3 aromatic heterocycles. The highest BCUT2D eigenvalue weighted by atomic mass is 32.2. The fraction of sp³-hybridized carbons (Fsp3) is 0.333. The zero-order valence-corrected chi connectivity index (χ0v) is 20.5. The molecule has 0 atom stereocenters. The van der Waals surface area contributed by atoms with Gasteiger partial charge in [-0.1, -0.05) is 37.7 Å². The van der Waals surface area contributed by atoms with E-state index >= 15 is 0 Å². The fourth-order valence-corrected chi connectivity index (χ4v) is 4.94. The first-order chi connectivity index (χ1) is 15.3. The summed E-state index contributed by atoms with van der Waals surface area (Å²) in [6, 6.07) is 10.5. The van der Waals surface area contributed by atoms with Crippen LogP contribution in [0.1, 0.15) is 63.7 Å². The number of Topliss-reactive ketones (excluding diaryl/α,β-unsaturated/α-hetero) is 1. The molecular formula is C24H26N4O2S2. The predicted molar refractivity (Wildman–Crippen MR) is 128 cm³/mol. The Bertz CT molecular complexity index is 1240. The second kappa shape index (κ2) is 9.42. The van der Waals surface area contributed by atoms with E-state index in [-0.39, 0.29) is 11.5 Å². The number of nitrogens with zero attached hydrogens (tertiary/aromatic N) is 4. The summed E-state index contributed by atoms with van der Waals surface area (Å²) in [6.07, 6.45) is 0.503. The second-order valence-electron chi connectivity index (χ2n) is 8.07. The Balaban J connectivity index is 1.43. The highest BCUT2D eigenvalue weighted by Gasteiger charge is 2.18. The molecule has 6 nitrogen and oxygen atoms in total. The van der Waals surface area contributed by atoms with Crippen molar-refractivity contribution in [2.24, 2.45) is 0 Å². The molecule has 8 heteroatoms. The average Bonchev–Trinajstić information content (AvgIpc) is 3.46. The Morgan fingerprint density at radius 3 is 2.56 bits per heavy atom. The number of carbonyl (C=O) groups is 1. The minimum atomic E-state index is 0.0445. The van der Waals surface area contributed by atoms with Crippen molar-refractivity contribution >= 4 is 28.9 Å². The lowest BCUT2D eigenvalue weighted by Crippen LogP contribution is -2.05. The van der Waals surface area contributed by atoms with Crippen LogP contribution in [0.3, 0.4) is 0 Å². The van der Waals surface area contributed by atoms with Crippen LogP contribution < -0.4 is 0 Å². The molecule has 0 spiro atoms. The maximum absolute atomic E-state index is 12.9. The Labute approximate surface area is 196 Å². The van der Waals surface area contributed by atoms with Crippen LogP contribution in [0.15, 0.2) is 45.4 Å². The van der Waals surface area contributed by atoms with E-state index in [9.17, 15) is 4.79 Å². The first-order valence-electron chi connectivity index (χ1n) is 10.5. The normalized spacial score (nSPS) is 11.4. The zero-order valence-electron chi connectivity index (χ0n) is 18.9. The lowest BCUT2D eigenvalue weighted by Gasteiger charge is -2.12. The van der Waals surface area contributed by atoms with E-state index in [0.29, 0.717) is 23.5 Å². The molecule has 0 fully saturated rings. The van der Waals surface area contributed by atoms with Crippen molar-refractivity contribution in [3.63, 3.8) is 0 Å². The van der Waals surface area contributed by atoms with Gasteiger partial charge < -0.3 is 8.98 Å². The first kappa shape index (κ1) is 22.5. The number of carbonyl (C=O) groups excluding carboxylic acids is 1. The molecule has 1 aromatic carbocycles. The highest BCUT2D eigenvalue weighted by molar-refractivity contribution is 7.99. The monoisotopic (exact) mass is 466 g/mol. The van der Waals surface area contributed by atoms with Crippen molar-refractivity contribution in [1.29, 1.82) is 0 Å². The average molecular weight is 467 g/mol. The SMILES string of the molecule is Cc1nc(Cc2nnc(SCC(=O)c3cc(C)n(-c4ccc(C(C)C)cc4)c3C)o2)cs1. The molecule has 0 aliphatic rings. The summed E-state index contributed by atoms with van der Waals surface area (Å²) >= 11 is 2.86. The zero-order chi connectivity index (χ0) is 22.8. The van der Waals surface area contributed by atoms with E-state index in [1.54, 1.807) is 11.3 Å². The van der Waals surface area contributed by atoms with Crippen molar-refractivity contribution < 1.29 is 9.21 Å². The number of ketones is 1. The Morgan fingerprint density at radius 1 is 1.16 bits per heavy atom. The molecule has 0 amide bonds. The van der Waals surface area contributed by atoms with Crippen molar-refractivity contribution in [2.75, 3.05) is 5.75 Å². The third kappa shape index (κ3) is 4.86. The lowest BCUT2D eigenvalue weighted by molar-refractivity contribution is 0.102. The minimum Gasteiger partial charge on any atom is -0.416 e. The van der Waals surface area contributed by atoms with Gasteiger partial charge in [0.05, 0.1) is 22.9 Å². The molecule has 0 aliphatic carbocycles. The van der Waals surface area contributed by atoms with E-state index in [4.69, 9.17) is 4.42 Å². The number of aryl methyl sites for hydroxylation is 2. The van der Waals surface area contributed by atoms with Crippen LogP contribution in [0.2, 0.25) is 0 Å². The summed E-state index contributed by atoms with van der Waals surface area (Å²) < 4.78 is 7.82. The number of thiazole rings is 1. The molecule has 32 heavy (non-hydrogen) atoms. The van der Waals surface area contributed by atoms with Gasteiger partial charge in [-0.3, -0.25) is 4.79 Å². The largest absolute Gasteiger partial charge is 0.416 e. The molecule has 3 heterocycles. The molecule has 0 bridgehead atoms. The van der Waals surface area contributed by atoms with Crippen molar-refractivity contribution in [2.45, 2.75) is 52.2 Å². The van der Waals surface area contributed by atoms with Gasteiger partial charge in [0.25, 0.3) is 5.22 Å². The number of hydrogen-bond donors (Lipinski definition) is 0. The van der Waals surface area contributed by atoms with Gasteiger partial charge in [-0.15, -0.1) is 21.5 Å². The van der Waals surface area contributed by atoms with Crippen molar-refractivity contribution in [3.05, 3.63) is 74.8 Å². The Hall–Kier alpha value is -2.71. The summed E-state index contributed by atoms with van der Waals surface area (Å²) in [5, 5.41) is 11.5. The van der Waals surface area contributed by atoms with Gasteiger partial charge >= 0.3 is 0 Å². The maximum Gasteiger partial charge on any atom is 0.277 e. The third-order valence-corrected chi connectivity index (χ3v) is 6.96. The van der Waals surface area contributed by atoms with Crippen LogP contribution in [0.25, 0.3) is 5.69 Å². The van der Waals surface area contributed by atoms with Crippen LogP contribution in [0, 0.1) is 20.8 Å². The van der Waals surface area contributed by atoms with Gasteiger partial charge in [-0.05, 0) is 50.5 Å².